The third-order valence-corrected chi connectivity index (χ3v) is 4.96. The van der Waals surface area contributed by atoms with Crippen LogP contribution in [0.15, 0.2) is 22.7 Å². The van der Waals surface area contributed by atoms with Crippen molar-refractivity contribution in [2.45, 2.75) is 19.8 Å². The fourth-order valence-corrected chi connectivity index (χ4v) is 3.10. The van der Waals surface area contributed by atoms with E-state index in [0.717, 1.165) is 10.0 Å². The van der Waals surface area contributed by atoms with Gasteiger partial charge in [-0.2, -0.15) is 0 Å². The van der Waals surface area contributed by atoms with Crippen LogP contribution in [0.25, 0.3) is 0 Å². The molecule has 22 heavy (non-hydrogen) atoms. The lowest BCUT2D eigenvalue weighted by atomic mass is 9.90. The van der Waals surface area contributed by atoms with Gasteiger partial charge in [-0.3, -0.25) is 4.79 Å². The monoisotopic (exact) mass is 388 g/mol. The molecular formula is C15H18BrClN2O3. The molecule has 2 N–H and O–H groups in total. The minimum Gasteiger partial charge on any atom is -0.481 e. The molecule has 0 radical (unpaired) electrons. The molecule has 1 unspecified atom stereocenters. The molecule has 0 saturated carbocycles. The highest BCUT2D eigenvalue weighted by molar-refractivity contribution is 9.10. The van der Waals surface area contributed by atoms with E-state index >= 15 is 0 Å². The smallest absolute Gasteiger partial charge is 0.317 e. The topological polar surface area (TPSA) is 69.6 Å². The Morgan fingerprint density at radius 2 is 2.23 bits per heavy atom. The summed E-state index contributed by atoms with van der Waals surface area (Å²) in [7, 11) is 0. The van der Waals surface area contributed by atoms with Crippen molar-refractivity contribution >= 4 is 39.5 Å². The number of carbonyl (C=O) groups is 2. The van der Waals surface area contributed by atoms with Gasteiger partial charge < -0.3 is 15.3 Å². The predicted octanol–water partition coefficient (Wildman–Crippen LogP) is 3.15. The van der Waals surface area contributed by atoms with Crippen molar-refractivity contribution < 1.29 is 14.7 Å². The highest BCUT2D eigenvalue weighted by Gasteiger charge is 2.42. The summed E-state index contributed by atoms with van der Waals surface area (Å²) in [5.41, 5.74) is 0.178. The largest absolute Gasteiger partial charge is 0.481 e. The molecule has 1 saturated heterocycles. The average molecular weight is 390 g/mol. The van der Waals surface area contributed by atoms with Crippen LogP contribution in [0.5, 0.6) is 0 Å². The van der Waals surface area contributed by atoms with E-state index in [1.165, 1.54) is 0 Å². The van der Waals surface area contributed by atoms with Crippen LogP contribution in [0.3, 0.4) is 0 Å². The lowest BCUT2D eigenvalue weighted by Crippen LogP contribution is -2.41. The first kappa shape index (κ1) is 17.1. The van der Waals surface area contributed by atoms with Crippen molar-refractivity contribution in [3.63, 3.8) is 0 Å². The Bertz CT molecular complexity index is 596. The number of rotatable bonds is 4. The molecule has 5 nitrogen and oxygen atoms in total. The number of nitrogens with zero attached hydrogens (tertiary/aromatic N) is 1. The average Bonchev–Trinajstić information content (AvgIpc) is 2.87. The number of carbonyl (C=O) groups excluding carboxylic acids is 1. The van der Waals surface area contributed by atoms with Gasteiger partial charge in [0.25, 0.3) is 0 Å². The van der Waals surface area contributed by atoms with Crippen molar-refractivity contribution in [1.82, 2.24) is 10.2 Å². The van der Waals surface area contributed by atoms with Gasteiger partial charge >= 0.3 is 12.0 Å². The molecule has 7 heteroatoms. The molecular weight excluding hydrogens is 372 g/mol. The maximum Gasteiger partial charge on any atom is 0.317 e. The Morgan fingerprint density at radius 1 is 1.50 bits per heavy atom. The summed E-state index contributed by atoms with van der Waals surface area (Å²) >= 11 is 9.40. The Balaban J connectivity index is 1.84. The fourth-order valence-electron chi connectivity index (χ4n) is 2.46. The molecule has 1 heterocycles. The SMILES string of the molecule is CC1(C(=O)O)CCN(C(=O)NCCc2cc(Cl)ccc2Br)C1. The number of urea groups is 1. The number of benzene rings is 1. The van der Waals surface area contributed by atoms with Gasteiger partial charge in [-0.1, -0.05) is 27.5 Å². The number of aliphatic carboxylic acids is 1. The van der Waals surface area contributed by atoms with E-state index in [9.17, 15) is 14.7 Å². The maximum absolute atomic E-state index is 12.1. The standard InChI is InChI=1S/C15H18BrClN2O3/c1-15(13(20)21)5-7-19(9-15)14(22)18-6-4-10-8-11(17)2-3-12(10)16/h2-3,8H,4-7,9H2,1H3,(H,18,22)(H,20,21). The van der Waals surface area contributed by atoms with Gasteiger partial charge in [0.05, 0.1) is 5.41 Å². The molecule has 1 aliphatic rings. The number of carboxylic acid groups (broad SMARTS) is 1. The van der Waals surface area contributed by atoms with Crippen molar-refractivity contribution in [3.8, 4) is 0 Å². The molecule has 1 aliphatic heterocycles. The highest BCUT2D eigenvalue weighted by Crippen LogP contribution is 2.30. The van der Waals surface area contributed by atoms with E-state index in [4.69, 9.17) is 11.6 Å². The van der Waals surface area contributed by atoms with E-state index in [1.807, 2.05) is 12.1 Å². The van der Waals surface area contributed by atoms with E-state index in [0.29, 0.717) is 31.0 Å². The first-order valence-corrected chi connectivity index (χ1v) is 8.19. The summed E-state index contributed by atoms with van der Waals surface area (Å²) in [6.45, 7) is 2.86. The molecule has 1 aromatic rings. The molecule has 2 amide bonds. The number of halogens is 2. The number of likely N-dealkylation sites (tertiary alicyclic amines) is 1. The first-order valence-electron chi connectivity index (χ1n) is 7.02. The van der Waals surface area contributed by atoms with Gasteiger partial charge in [0.15, 0.2) is 0 Å². The zero-order valence-electron chi connectivity index (χ0n) is 12.2. The van der Waals surface area contributed by atoms with Gasteiger partial charge in [0.2, 0.25) is 0 Å². The predicted molar refractivity (Wildman–Crippen MR) is 88.2 cm³/mol. The van der Waals surface area contributed by atoms with Crippen LogP contribution in [0, 0.1) is 5.41 Å². The number of hydrogen-bond donors (Lipinski definition) is 2. The Morgan fingerprint density at radius 3 is 2.86 bits per heavy atom. The van der Waals surface area contributed by atoms with Gasteiger partial charge in [-0.05, 0) is 43.5 Å². The summed E-state index contributed by atoms with van der Waals surface area (Å²) < 4.78 is 0.950. The zero-order valence-corrected chi connectivity index (χ0v) is 14.6. The Hall–Kier alpha value is -1.27. The van der Waals surface area contributed by atoms with Crippen LogP contribution in [0.2, 0.25) is 5.02 Å². The summed E-state index contributed by atoms with van der Waals surface area (Å²) in [5.74, 6) is -0.856. The van der Waals surface area contributed by atoms with Gasteiger partial charge in [0.1, 0.15) is 0 Å². The molecule has 0 aromatic heterocycles. The minimum atomic E-state index is -0.856. The van der Waals surface area contributed by atoms with Crippen molar-refractivity contribution in [2.75, 3.05) is 19.6 Å². The minimum absolute atomic E-state index is 0.219. The van der Waals surface area contributed by atoms with E-state index in [1.54, 1.807) is 17.9 Å². The van der Waals surface area contributed by atoms with Crippen LogP contribution >= 0.6 is 27.5 Å². The second kappa shape index (κ2) is 6.87. The van der Waals surface area contributed by atoms with Crippen LogP contribution < -0.4 is 5.32 Å². The van der Waals surface area contributed by atoms with Crippen LogP contribution in [0.4, 0.5) is 4.79 Å². The Kier molecular flexibility index (Phi) is 5.34. The highest BCUT2D eigenvalue weighted by atomic mass is 79.9. The van der Waals surface area contributed by atoms with Gasteiger partial charge in [-0.25, -0.2) is 4.79 Å². The molecule has 1 atom stereocenters. The second-order valence-corrected chi connectivity index (χ2v) is 7.05. The lowest BCUT2D eigenvalue weighted by molar-refractivity contribution is -0.146. The molecule has 0 bridgehead atoms. The van der Waals surface area contributed by atoms with Gasteiger partial charge in [-0.15, -0.1) is 0 Å². The first-order chi connectivity index (χ1) is 10.3. The third kappa shape index (κ3) is 3.93. The van der Waals surface area contributed by atoms with Crippen molar-refractivity contribution in [3.05, 3.63) is 33.3 Å². The zero-order chi connectivity index (χ0) is 16.3. The number of hydrogen-bond acceptors (Lipinski definition) is 2. The summed E-state index contributed by atoms with van der Waals surface area (Å²) in [4.78, 5) is 24.8. The molecule has 1 fully saturated rings. The van der Waals surface area contributed by atoms with Crippen molar-refractivity contribution in [1.29, 1.82) is 0 Å². The van der Waals surface area contributed by atoms with Crippen LogP contribution in [0.1, 0.15) is 18.9 Å². The summed E-state index contributed by atoms with van der Waals surface area (Å²) in [6, 6.07) is 5.31. The molecule has 0 aliphatic carbocycles. The quantitative estimate of drug-likeness (QED) is 0.831. The van der Waals surface area contributed by atoms with Crippen molar-refractivity contribution in [2.24, 2.45) is 5.41 Å². The van der Waals surface area contributed by atoms with E-state index < -0.39 is 11.4 Å². The normalized spacial score (nSPS) is 21.0. The molecule has 2 rings (SSSR count). The number of amides is 2. The lowest BCUT2D eigenvalue weighted by Gasteiger charge is -2.20. The van der Waals surface area contributed by atoms with Crippen LogP contribution in [-0.4, -0.2) is 41.6 Å². The third-order valence-electron chi connectivity index (χ3n) is 3.96. The summed E-state index contributed by atoms with van der Waals surface area (Å²) in [6.07, 6.45) is 1.13. The number of nitrogens with one attached hydrogen (secondary N) is 1. The molecule has 120 valence electrons. The maximum atomic E-state index is 12.1. The number of carboxylic acids is 1. The fraction of sp³-hybridized carbons (Fsp3) is 0.467. The van der Waals surface area contributed by atoms with E-state index in [-0.39, 0.29) is 12.6 Å². The second-order valence-electron chi connectivity index (χ2n) is 5.76. The molecule has 1 aromatic carbocycles. The molecule has 0 spiro atoms. The summed E-state index contributed by atoms with van der Waals surface area (Å²) in [5, 5.41) is 12.7. The van der Waals surface area contributed by atoms with Gasteiger partial charge in [0, 0.05) is 29.1 Å². The Labute approximate surface area is 142 Å². The van der Waals surface area contributed by atoms with Crippen LogP contribution in [-0.2, 0) is 11.2 Å². The van der Waals surface area contributed by atoms with E-state index in [2.05, 4.69) is 21.2 Å².